The van der Waals surface area contributed by atoms with Crippen LogP contribution in [0.5, 0.6) is 0 Å². The number of hydrogen-bond acceptors (Lipinski definition) is 5. The van der Waals surface area contributed by atoms with E-state index in [2.05, 4.69) is 16.7 Å². The van der Waals surface area contributed by atoms with Gasteiger partial charge in [-0.25, -0.2) is 0 Å². The number of carbonyl (C=O) groups excluding carboxylic acids is 3. The van der Waals surface area contributed by atoms with Crippen LogP contribution in [0.1, 0.15) is 75.5 Å². The van der Waals surface area contributed by atoms with E-state index in [0.717, 1.165) is 44.1 Å². The number of ketones is 1. The average molecular weight is 484 g/mol. The molecule has 5 atom stereocenters. The number of likely N-dealkylation sites (N-methyl/N-ethyl adjacent to an activating group) is 1. The van der Waals surface area contributed by atoms with Crippen LogP contribution in [-0.2, 0) is 25.5 Å². The summed E-state index contributed by atoms with van der Waals surface area (Å²) >= 11 is 0. The van der Waals surface area contributed by atoms with Crippen molar-refractivity contribution in [2.24, 2.45) is 11.8 Å². The lowest BCUT2D eigenvalue weighted by atomic mass is 9.76. The number of amides is 2. The van der Waals surface area contributed by atoms with Gasteiger partial charge in [-0.05, 0) is 56.7 Å². The van der Waals surface area contributed by atoms with Gasteiger partial charge in [0.05, 0.1) is 18.2 Å². The summed E-state index contributed by atoms with van der Waals surface area (Å²) in [5.41, 5.74) is 2.29. The van der Waals surface area contributed by atoms with Gasteiger partial charge in [-0.1, -0.05) is 43.5 Å². The molecule has 0 bridgehead atoms. The third kappa shape index (κ3) is 5.61. The highest BCUT2D eigenvalue weighted by molar-refractivity contribution is 5.93. The number of carbonyl (C=O) groups is 3. The molecule has 35 heavy (non-hydrogen) atoms. The van der Waals surface area contributed by atoms with Crippen molar-refractivity contribution in [3.8, 4) is 0 Å². The van der Waals surface area contributed by atoms with Crippen LogP contribution >= 0.6 is 0 Å². The smallest absolute Gasteiger partial charge is 0.243 e. The number of benzene rings is 1. The largest absolute Gasteiger partial charge is 0.379 e. The summed E-state index contributed by atoms with van der Waals surface area (Å²) in [6, 6.07) is 7.14. The van der Waals surface area contributed by atoms with Gasteiger partial charge < -0.3 is 20.3 Å². The van der Waals surface area contributed by atoms with E-state index in [1.807, 2.05) is 25.1 Å². The highest BCUT2D eigenvalue weighted by atomic mass is 16.5. The van der Waals surface area contributed by atoms with Crippen LogP contribution in [-0.4, -0.2) is 61.4 Å². The van der Waals surface area contributed by atoms with Crippen molar-refractivity contribution in [2.75, 3.05) is 20.7 Å². The number of likely N-dealkylation sites (tertiary alicyclic amines) is 1. The summed E-state index contributed by atoms with van der Waals surface area (Å²) in [5.74, 6) is -0.181. The van der Waals surface area contributed by atoms with Crippen molar-refractivity contribution in [1.82, 2.24) is 15.5 Å². The number of Topliss-reactive ketones (excluding diaryl/α,β-unsaturated/α-hetero) is 1. The molecule has 2 amide bonds. The molecule has 192 valence electrons. The van der Waals surface area contributed by atoms with Crippen molar-refractivity contribution in [2.45, 2.75) is 88.9 Å². The number of hydrogen-bond donors (Lipinski definition) is 2. The zero-order chi connectivity index (χ0) is 24.9. The Bertz CT molecular complexity index is 913. The summed E-state index contributed by atoms with van der Waals surface area (Å²) in [5, 5.41) is 6.23. The third-order valence-corrected chi connectivity index (χ3v) is 8.50. The lowest BCUT2D eigenvalue weighted by Gasteiger charge is -2.35. The molecule has 0 radical (unpaired) electrons. The number of fused-ring (bicyclic) bond motifs is 1. The van der Waals surface area contributed by atoms with Crippen molar-refractivity contribution in [3.05, 3.63) is 35.4 Å². The van der Waals surface area contributed by atoms with E-state index >= 15 is 0 Å². The van der Waals surface area contributed by atoms with Gasteiger partial charge >= 0.3 is 0 Å². The van der Waals surface area contributed by atoms with E-state index in [0.29, 0.717) is 13.0 Å². The number of methoxy groups -OCH3 is 1. The maximum absolute atomic E-state index is 13.9. The summed E-state index contributed by atoms with van der Waals surface area (Å²) in [6.07, 6.45) is 7.72. The Morgan fingerprint density at radius 2 is 1.83 bits per heavy atom. The Labute approximate surface area is 209 Å². The Morgan fingerprint density at radius 3 is 2.54 bits per heavy atom. The van der Waals surface area contributed by atoms with Gasteiger partial charge in [0.2, 0.25) is 11.8 Å². The first-order valence-electron chi connectivity index (χ1n) is 13.4. The van der Waals surface area contributed by atoms with Gasteiger partial charge in [-0.15, -0.1) is 0 Å². The highest BCUT2D eigenvalue weighted by Gasteiger charge is 2.42. The minimum Gasteiger partial charge on any atom is -0.379 e. The second-order valence-corrected chi connectivity index (χ2v) is 10.5. The number of ether oxygens (including phenoxy) is 1. The first-order valence-corrected chi connectivity index (χ1v) is 13.4. The first kappa shape index (κ1) is 25.8. The molecule has 1 aliphatic heterocycles. The van der Waals surface area contributed by atoms with Crippen molar-refractivity contribution in [3.63, 3.8) is 0 Å². The minimum atomic E-state index is -0.490. The molecule has 7 heteroatoms. The molecule has 0 aromatic heterocycles. The van der Waals surface area contributed by atoms with Crippen molar-refractivity contribution in [1.29, 1.82) is 0 Å². The van der Waals surface area contributed by atoms with Crippen LogP contribution in [0.2, 0.25) is 0 Å². The predicted octanol–water partition coefficient (Wildman–Crippen LogP) is 3.17. The minimum absolute atomic E-state index is 0.0127. The van der Waals surface area contributed by atoms with Crippen LogP contribution in [0.25, 0.3) is 0 Å². The fourth-order valence-electron chi connectivity index (χ4n) is 6.26. The standard InChI is InChI=1S/C28H41N3O4/c1-18(29-2)24(32)17-22(19-10-5-4-6-11-19)28(34)31-15-9-14-23(31)27(33)30-26-21-13-8-7-12-20(21)16-25(26)35-3/h7-8,12-13,18-19,22-23,25-26,29H,4-6,9-11,14-17H2,1-3H3,(H,30,33)/t18-,22?,23-,25+,26-/m0/s1. The normalized spacial score (nSPS) is 26.3. The van der Waals surface area contributed by atoms with E-state index < -0.39 is 6.04 Å². The highest BCUT2D eigenvalue weighted by Crippen LogP contribution is 2.36. The monoisotopic (exact) mass is 483 g/mol. The third-order valence-electron chi connectivity index (χ3n) is 8.50. The maximum Gasteiger partial charge on any atom is 0.243 e. The van der Waals surface area contributed by atoms with Crippen LogP contribution < -0.4 is 10.6 Å². The Morgan fingerprint density at radius 1 is 1.09 bits per heavy atom. The van der Waals surface area contributed by atoms with Gasteiger partial charge in [0.15, 0.2) is 0 Å². The Kier molecular flexibility index (Phi) is 8.60. The molecule has 1 aromatic carbocycles. The van der Waals surface area contributed by atoms with Crippen LogP contribution in [0.4, 0.5) is 0 Å². The molecule has 2 aliphatic carbocycles. The summed E-state index contributed by atoms with van der Waals surface area (Å²) in [6.45, 7) is 2.42. The maximum atomic E-state index is 13.9. The van der Waals surface area contributed by atoms with Crippen LogP contribution in [0.15, 0.2) is 24.3 Å². The zero-order valence-corrected chi connectivity index (χ0v) is 21.4. The van der Waals surface area contributed by atoms with Crippen molar-refractivity contribution < 1.29 is 19.1 Å². The lowest BCUT2D eigenvalue weighted by Crippen LogP contribution is -2.51. The lowest BCUT2D eigenvalue weighted by molar-refractivity contribution is -0.145. The second-order valence-electron chi connectivity index (χ2n) is 10.5. The fraction of sp³-hybridized carbons (Fsp3) is 0.679. The summed E-state index contributed by atoms with van der Waals surface area (Å²) in [7, 11) is 3.45. The van der Waals surface area contributed by atoms with Crippen LogP contribution in [0.3, 0.4) is 0 Å². The van der Waals surface area contributed by atoms with Gasteiger partial charge in [0.1, 0.15) is 11.8 Å². The molecule has 1 heterocycles. The molecular formula is C28H41N3O4. The van der Waals surface area contributed by atoms with E-state index in [-0.39, 0.29) is 54.0 Å². The molecule has 2 fully saturated rings. The number of nitrogens with zero attached hydrogens (tertiary/aromatic N) is 1. The Balaban J connectivity index is 1.50. The van der Waals surface area contributed by atoms with Gasteiger partial charge in [0, 0.05) is 32.4 Å². The van der Waals surface area contributed by atoms with Gasteiger partial charge in [0.25, 0.3) is 0 Å². The Hall–Kier alpha value is -2.25. The molecule has 1 aromatic rings. The quantitative estimate of drug-likeness (QED) is 0.563. The molecule has 1 saturated carbocycles. The number of rotatable bonds is 9. The fourth-order valence-corrected chi connectivity index (χ4v) is 6.26. The molecule has 3 aliphatic rings. The van der Waals surface area contributed by atoms with Gasteiger partial charge in [-0.2, -0.15) is 0 Å². The van der Waals surface area contributed by atoms with E-state index in [4.69, 9.17) is 4.74 Å². The molecule has 1 saturated heterocycles. The summed E-state index contributed by atoms with van der Waals surface area (Å²) < 4.78 is 5.70. The molecular weight excluding hydrogens is 442 g/mol. The molecule has 2 N–H and O–H groups in total. The molecule has 4 rings (SSSR count). The van der Waals surface area contributed by atoms with E-state index in [9.17, 15) is 14.4 Å². The SMILES string of the molecule is CN[C@@H](C)C(=O)CC(C(=O)N1CCC[C@H]1C(=O)N[C@H]1c2ccccc2C[C@H]1OC)C1CCCCC1. The number of nitrogens with one attached hydrogen (secondary N) is 2. The van der Waals surface area contributed by atoms with E-state index in [1.165, 1.54) is 12.0 Å². The van der Waals surface area contributed by atoms with E-state index in [1.54, 1.807) is 19.1 Å². The summed E-state index contributed by atoms with van der Waals surface area (Å²) in [4.78, 5) is 42.1. The molecule has 7 nitrogen and oxygen atoms in total. The average Bonchev–Trinajstić information content (AvgIpc) is 3.52. The molecule has 0 spiro atoms. The molecule has 1 unspecified atom stereocenters. The van der Waals surface area contributed by atoms with Gasteiger partial charge in [-0.3, -0.25) is 14.4 Å². The predicted molar refractivity (Wildman–Crippen MR) is 135 cm³/mol. The topological polar surface area (TPSA) is 87.7 Å². The van der Waals surface area contributed by atoms with Crippen LogP contribution in [0, 0.1) is 11.8 Å². The van der Waals surface area contributed by atoms with Crippen molar-refractivity contribution >= 4 is 17.6 Å². The second kappa shape index (κ2) is 11.7. The zero-order valence-electron chi connectivity index (χ0n) is 21.4. The first-order chi connectivity index (χ1) is 16.9.